The van der Waals surface area contributed by atoms with E-state index in [2.05, 4.69) is 35.6 Å². The first-order valence-electron chi connectivity index (χ1n) is 6.62. The Kier molecular flexibility index (Phi) is 3.20. The minimum absolute atomic E-state index is 0.919. The molecule has 2 nitrogen and oxygen atoms in total. The third-order valence-electron chi connectivity index (χ3n) is 3.57. The minimum atomic E-state index is 0.919. The maximum atomic E-state index is 5.24. The van der Waals surface area contributed by atoms with Crippen molar-refractivity contribution in [1.29, 1.82) is 0 Å². The summed E-state index contributed by atoms with van der Waals surface area (Å²) < 4.78 is 5.24. The molecule has 1 fully saturated rings. The van der Waals surface area contributed by atoms with E-state index in [1.54, 1.807) is 7.11 Å². The van der Waals surface area contributed by atoms with Crippen LogP contribution in [0.5, 0.6) is 5.75 Å². The van der Waals surface area contributed by atoms with E-state index in [1.165, 1.54) is 35.7 Å². The smallest absolute Gasteiger partial charge is 0.119 e. The van der Waals surface area contributed by atoms with Gasteiger partial charge in [-0.15, -0.1) is 0 Å². The van der Waals surface area contributed by atoms with Gasteiger partial charge in [-0.2, -0.15) is 0 Å². The average molecular weight is 241 g/mol. The lowest BCUT2D eigenvalue weighted by Crippen LogP contribution is -2.15. The molecule has 2 heteroatoms. The third kappa shape index (κ3) is 2.65. The van der Waals surface area contributed by atoms with Gasteiger partial charge in [-0.3, -0.25) is 0 Å². The lowest BCUT2D eigenvalue weighted by Gasteiger charge is -2.07. The number of methoxy groups -OCH3 is 1. The summed E-state index contributed by atoms with van der Waals surface area (Å²) in [5.74, 6) is 1.86. The molecule has 0 spiro atoms. The van der Waals surface area contributed by atoms with Crippen molar-refractivity contribution in [2.75, 3.05) is 13.7 Å². The summed E-state index contributed by atoms with van der Waals surface area (Å²) in [6.07, 6.45) is 2.81. The van der Waals surface area contributed by atoms with Gasteiger partial charge in [0, 0.05) is 6.54 Å². The van der Waals surface area contributed by atoms with E-state index in [-0.39, 0.29) is 0 Å². The first kappa shape index (κ1) is 11.5. The van der Waals surface area contributed by atoms with E-state index < -0.39 is 0 Å². The molecule has 18 heavy (non-hydrogen) atoms. The Morgan fingerprint density at radius 1 is 1.11 bits per heavy atom. The molecule has 0 unspecified atom stereocenters. The van der Waals surface area contributed by atoms with Gasteiger partial charge in [0.25, 0.3) is 0 Å². The number of ether oxygens (including phenoxy) is 1. The van der Waals surface area contributed by atoms with Crippen LogP contribution >= 0.6 is 0 Å². The maximum absolute atomic E-state index is 5.24. The van der Waals surface area contributed by atoms with Crippen LogP contribution in [0.25, 0.3) is 10.8 Å². The number of rotatable bonds is 5. The van der Waals surface area contributed by atoms with Crippen LogP contribution < -0.4 is 10.1 Å². The van der Waals surface area contributed by atoms with Crippen molar-refractivity contribution < 1.29 is 4.74 Å². The highest BCUT2D eigenvalue weighted by Crippen LogP contribution is 2.27. The molecule has 2 aromatic rings. The van der Waals surface area contributed by atoms with Crippen molar-refractivity contribution in [1.82, 2.24) is 5.32 Å². The Labute approximate surface area is 108 Å². The Morgan fingerprint density at radius 2 is 1.89 bits per heavy atom. The van der Waals surface area contributed by atoms with Crippen LogP contribution in [0.2, 0.25) is 0 Å². The van der Waals surface area contributed by atoms with E-state index in [0.717, 1.165) is 18.2 Å². The predicted molar refractivity (Wildman–Crippen MR) is 74.9 cm³/mol. The number of hydrogen-bond donors (Lipinski definition) is 1. The largest absolute Gasteiger partial charge is 0.497 e. The van der Waals surface area contributed by atoms with Gasteiger partial charge in [-0.1, -0.05) is 18.2 Å². The molecule has 1 aliphatic carbocycles. The Balaban J connectivity index is 1.73. The molecular weight excluding hydrogens is 222 g/mol. The van der Waals surface area contributed by atoms with E-state index in [1.807, 2.05) is 6.07 Å². The van der Waals surface area contributed by atoms with Gasteiger partial charge >= 0.3 is 0 Å². The SMILES string of the molecule is COc1ccc2cc(CNCC3CC3)ccc2c1. The molecule has 0 aromatic heterocycles. The lowest BCUT2D eigenvalue weighted by atomic mass is 10.1. The van der Waals surface area contributed by atoms with Gasteiger partial charge in [-0.05, 0) is 59.8 Å². The highest BCUT2D eigenvalue weighted by atomic mass is 16.5. The van der Waals surface area contributed by atoms with Gasteiger partial charge in [0.15, 0.2) is 0 Å². The molecule has 0 aliphatic heterocycles. The van der Waals surface area contributed by atoms with Crippen LogP contribution in [0.3, 0.4) is 0 Å². The molecule has 0 heterocycles. The average Bonchev–Trinajstić information content (AvgIpc) is 3.22. The van der Waals surface area contributed by atoms with Crippen molar-refractivity contribution in [3.05, 3.63) is 42.0 Å². The summed E-state index contributed by atoms with van der Waals surface area (Å²) in [5, 5.41) is 6.04. The second kappa shape index (κ2) is 4.99. The summed E-state index contributed by atoms with van der Waals surface area (Å²) in [4.78, 5) is 0. The topological polar surface area (TPSA) is 21.3 Å². The van der Waals surface area contributed by atoms with Crippen molar-refractivity contribution in [2.45, 2.75) is 19.4 Å². The standard InChI is InChI=1S/C16H19NO/c1-18-16-7-6-14-8-13(4-5-15(14)9-16)11-17-10-12-2-3-12/h4-9,12,17H,2-3,10-11H2,1H3. The Morgan fingerprint density at radius 3 is 2.67 bits per heavy atom. The summed E-state index contributed by atoms with van der Waals surface area (Å²) in [7, 11) is 1.71. The van der Waals surface area contributed by atoms with Crippen molar-refractivity contribution in [3.63, 3.8) is 0 Å². The monoisotopic (exact) mass is 241 g/mol. The first-order valence-corrected chi connectivity index (χ1v) is 6.62. The quantitative estimate of drug-likeness (QED) is 0.866. The fourth-order valence-electron chi connectivity index (χ4n) is 2.25. The molecule has 94 valence electrons. The number of fused-ring (bicyclic) bond motifs is 1. The molecule has 0 radical (unpaired) electrons. The maximum Gasteiger partial charge on any atom is 0.119 e. The highest BCUT2D eigenvalue weighted by Gasteiger charge is 2.19. The summed E-state index contributed by atoms with van der Waals surface area (Å²) in [5.41, 5.74) is 1.35. The van der Waals surface area contributed by atoms with Gasteiger partial charge < -0.3 is 10.1 Å². The van der Waals surface area contributed by atoms with Gasteiger partial charge in [0.05, 0.1) is 7.11 Å². The molecular formula is C16H19NO. The molecule has 1 saturated carbocycles. The van der Waals surface area contributed by atoms with E-state index in [9.17, 15) is 0 Å². The fourth-order valence-corrected chi connectivity index (χ4v) is 2.25. The molecule has 2 aromatic carbocycles. The second-order valence-corrected chi connectivity index (χ2v) is 5.12. The van der Waals surface area contributed by atoms with Crippen molar-refractivity contribution in [2.24, 2.45) is 5.92 Å². The summed E-state index contributed by atoms with van der Waals surface area (Å²) in [6.45, 7) is 2.14. The zero-order valence-corrected chi connectivity index (χ0v) is 10.8. The third-order valence-corrected chi connectivity index (χ3v) is 3.57. The summed E-state index contributed by atoms with van der Waals surface area (Å²) in [6, 6.07) is 12.8. The second-order valence-electron chi connectivity index (χ2n) is 5.12. The summed E-state index contributed by atoms with van der Waals surface area (Å²) >= 11 is 0. The van der Waals surface area contributed by atoms with E-state index in [0.29, 0.717) is 0 Å². The van der Waals surface area contributed by atoms with Crippen LogP contribution in [0.1, 0.15) is 18.4 Å². The first-order chi connectivity index (χ1) is 8.85. The van der Waals surface area contributed by atoms with Crippen LogP contribution in [0.4, 0.5) is 0 Å². The number of hydrogen-bond acceptors (Lipinski definition) is 2. The molecule has 0 amide bonds. The van der Waals surface area contributed by atoms with Gasteiger partial charge in [0.1, 0.15) is 5.75 Å². The number of nitrogens with one attached hydrogen (secondary N) is 1. The van der Waals surface area contributed by atoms with Gasteiger partial charge in [0.2, 0.25) is 0 Å². The van der Waals surface area contributed by atoms with E-state index >= 15 is 0 Å². The zero-order valence-electron chi connectivity index (χ0n) is 10.8. The molecule has 1 aliphatic rings. The molecule has 3 rings (SSSR count). The lowest BCUT2D eigenvalue weighted by molar-refractivity contribution is 0.415. The number of benzene rings is 2. The Hall–Kier alpha value is -1.54. The minimum Gasteiger partial charge on any atom is -0.497 e. The normalized spacial score (nSPS) is 14.9. The highest BCUT2D eigenvalue weighted by molar-refractivity contribution is 5.84. The van der Waals surface area contributed by atoms with Crippen LogP contribution in [0, 0.1) is 5.92 Å². The molecule has 0 bridgehead atoms. The zero-order chi connectivity index (χ0) is 12.4. The molecule has 1 N–H and O–H groups in total. The van der Waals surface area contributed by atoms with Crippen LogP contribution in [0.15, 0.2) is 36.4 Å². The van der Waals surface area contributed by atoms with Crippen LogP contribution in [-0.2, 0) is 6.54 Å². The molecule has 0 atom stereocenters. The predicted octanol–water partition coefficient (Wildman–Crippen LogP) is 3.35. The van der Waals surface area contributed by atoms with E-state index in [4.69, 9.17) is 4.74 Å². The van der Waals surface area contributed by atoms with Crippen molar-refractivity contribution >= 4 is 10.8 Å². The van der Waals surface area contributed by atoms with Gasteiger partial charge in [-0.25, -0.2) is 0 Å². The van der Waals surface area contributed by atoms with Crippen LogP contribution in [-0.4, -0.2) is 13.7 Å². The molecule has 0 saturated heterocycles. The van der Waals surface area contributed by atoms with Crippen molar-refractivity contribution in [3.8, 4) is 5.75 Å². The fraction of sp³-hybridized carbons (Fsp3) is 0.375. The Bertz CT molecular complexity index is 546.